The summed E-state index contributed by atoms with van der Waals surface area (Å²) in [5, 5.41) is 10.9. The second-order valence-corrected chi connectivity index (χ2v) is 3.56. The fourth-order valence-electron chi connectivity index (χ4n) is 1.47. The molecule has 3 N–H and O–H groups in total. The summed E-state index contributed by atoms with van der Waals surface area (Å²) in [5.41, 5.74) is 7.49. The number of rotatable bonds is 4. The SMILES string of the molecule is COCc1ccccc1Nc1ccc(N)nn1. The summed E-state index contributed by atoms with van der Waals surface area (Å²) in [4.78, 5) is 0. The van der Waals surface area contributed by atoms with E-state index in [9.17, 15) is 0 Å². The van der Waals surface area contributed by atoms with Crippen molar-refractivity contribution in [3.8, 4) is 0 Å². The molecule has 0 aliphatic rings. The van der Waals surface area contributed by atoms with Crippen LogP contribution >= 0.6 is 0 Å². The summed E-state index contributed by atoms with van der Waals surface area (Å²) >= 11 is 0. The van der Waals surface area contributed by atoms with Crippen molar-refractivity contribution in [1.29, 1.82) is 0 Å². The summed E-state index contributed by atoms with van der Waals surface area (Å²) in [7, 11) is 1.67. The maximum atomic E-state index is 5.48. The Morgan fingerprint density at radius 2 is 2.00 bits per heavy atom. The highest BCUT2D eigenvalue weighted by Crippen LogP contribution is 2.19. The first-order valence-electron chi connectivity index (χ1n) is 5.22. The van der Waals surface area contributed by atoms with Gasteiger partial charge in [-0.15, -0.1) is 10.2 Å². The van der Waals surface area contributed by atoms with Gasteiger partial charge in [-0.05, 0) is 18.2 Å². The number of hydrogen-bond acceptors (Lipinski definition) is 5. The van der Waals surface area contributed by atoms with Crippen LogP contribution in [0.4, 0.5) is 17.3 Å². The smallest absolute Gasteiger partial charge is 0.153 e. The topological polar surface area (TPSA) is 73.1 Å². The molecule has 1 aromatic carbocycles. The Kier molecular flexibility index (Phi) is 3.52. The third-order valence-corrected chi connectivity index (χ3v) is 2.27. The lowest BCUT2D eigenvalue weighted by Gasteiger charge is -2.10. The van der Waals surface area contributed by atoms with Crippen LogP contribution in [0.3, 0.4) is 0 Å². The van der Waals surface area contributed by atoms with Gasteiger partial charge >= 0.3 is 0 Å². The van der Waals surface area contributed by atoms with Crippen LogP contribution < -0.4 is 11.1 Å². The molecule has 1 heterocycles. The number of para-hydroxylation sites is 1. The largest absolute Gasteiger partial charge is 0.382 e. The second kappa shape index (κ2) is 5.27. The standard InChI is InChI=1S/C12H14N4O/c1-17-8-9-4-2-3-5-10(9)14-12-7-6-11(13)15-16-12/h2-7H,8H2,1H3,(H2,13,15)(H,14,16). The molecular weight excluding hydrogens is 216 g/mol. The van der Waals surface area contributed by atoms with Gasteiger partial charge in [0.1, 0.15) is 5.82 Å². The van der Waals surface area contributed by atoms with Gasteiger partial charge in [-0.3, -0.25) is 0 Å². The molecule has 0 spiro atoms. The highest BCUT2D eigenvalue weighted by atomic mass is 16.5. The molecule has 0 saturated heterocycles. The van der Waals surface area contributed by atoms with E-state index in [1.165, 1.54) is 0 Å². The van der Waals surface area contributed by atoms with Crippen LogP contribution in [0.1, 0.15) is 5.56 Å². The average molecular weight is 230 g/mol. The fraction of sp³-hybridized carbons (Fsp3) is 0.167. The molecule has 0 aliphatic carbocycles. The molecule has 0 fully saturated rings. The fourth-order valence-corrected chi connectivity index (χ4v) is 1.47. The van der Waals surface area contributed by atoms with Crippen LogP contribution in [0.5, 0.6) is 0 Å². The molecule has 5 heteroatoms. The van der Waals surface area contributed by atoms with Crippen molar-refractivity contribution in [3.05, 3.63) is 42.0 Å². The molecule has 1 aromatic heterocycles. The van der Waals surface area contributed by atoms with Crippen LogP contribution in [-0.2, 0) is 11.3 Å². The van der Waals surface area contributed by atoms with Crippen LogP contribution in [0.2, 0.25) is 0 Å². The van der Waals surface area contributed by atoms with E-state index in [0.29, 0.717) is 18.2 Å². The Hall–Kier alpha value is -2.14. The lowest BCUT2D eigenvalue weighted by atomic mass is 10.2. The van der Waals surface area contributed by atoms with Crippen molar-refractivity contribution in [3.63, 3.8) is 0 Å². The number of nitrogens with one attached hydrogen (secondary N) is 1. The first-order valence-corrected chi connectivity index (χ1v) is 5.22. The zero-order chi connectivity index (χ0) is 12.1. The summed E-state index contributed by atoms with van der Waals surface area (Å²) in [5.74, 6) is 1.06. The molecule has 0 aliphatic heterocycles. The zero-order valence-electron chi connectivity index (χ0n) is 9.55. The monoisotopic (exact) mass is 230 g/mol. The molecule has 2 aromatic rings. The van der Waals surface area contributed by atoms with Crippen LogP contribution in [0.25, 0.3) is 0 Å². The lowest BCUT2D eigenvalue weighted by Crippen LogP contribution is -2.01. The minimum absolute atomic E-state index is 0.403. The number of nitrogen functional groups attached to an aromatic ring is 1. The van der Waals surface area contributed by atoms with Crippen LogP contribution in [-0.4, -0.2) is 17.3 Å². The van der Waals surface area contributed by atoms with E-state index >= 15 is 0 Å². The second-order valence-electron chi connectivity index (χ2n) is 3.56. The highest BCUT2D eigenvalue weighted by molar-refractivity contribution is 5.60. The summed E-state index contributed by atoms with van der Waals surface area (Å²) in [6, 6.07) is 11.4. The summed E-state index contributed by atoms with van der Waals surface area (Å²) in [6.45, 7) is 0.547. The predicted octanol–water partition coefficient (Wildman–Crippen LogP) is 1.95. The third-order valence-electron chi connectivity index (χ3n) is 2.27. The molecule has 0 atom stereocenters. The Labute approximate surface area is 99.6 Å². The molecule has 0 radical (unpaired) electrons. The quantitative estimate of drug-likeness (QED) is 0.839. The van der Waals surface area contributed by atoms with Gasteiger partial charge in [-0.2, -0.15) is 0 Å². The normalized spacial score (nSPS) is 10.2. The molecule has 0 amide bonds. The van der Waals surface area contributed by atoms with Crippen molar-refractivity contribution in [2.24, 2.45) is 0 Å². The molecule has 0 bridgehead atoms. The lowest BCUT2D eigenvalue weighted by molar-refractivity contribution is 0.185. The zero-order valence-corrected chi connectivity index (χ0v) is 9.55. The number of ether oxygens (including phenoxy) is 1. The van der Waals surface area contributed by atoms with Gasteiger partial charge in [0.2, 0.25) is 0 Å². The van der Waals surface area contributed by atoms with E-state index in [4.69, 9.17) is 10.5 Å². The Balaban J connectivity index is 2.20. The molecule has 0 unspecified atom stereocenters. The summed E-state index contributed by atoms with van der Waals surface area (Å²) in [6.07, 6.45) is 0. The average Bonchev–Trinajstić information content (AvgIpc) is 2.35. The third kappa shape index (κ3) is 2.92. The Morgan fingerprint density at radius 1 is 1.18 bits per heavy atom. The minimum atomic E-state index is 0.403. The van der Waals surface area contributed by atoms with Gasteiger partial charge in [0.15, 0.2) is 5.82 Å². The maximum absolute atomic E-state index is 5.48. The van der Waals surface area contributed by atoms with Crippen molar-refractivity contribution in [1.82, 2.24) is 10.2 Å². The van der Waals surface area contributed by atoms with Crippen molar-refractivity contribution in [2.45, 2.75) is 6.61 Å². The molecule has 0 saturated carbocycles. The van der Waals surface area contributed by atoms with Crippen LogP contribution in [0, 0.1) is 0 Å². The van der Waals surface area contributed by atoms with Crippen LogP contribution in [0.15, 0.2) is 36.4 Å². The first kappa shape index (κ1) is 11.3. The van der Waals surface area contributed by atoms with Gasteiger partial charge in [0.25, 0.3) is 0 Å². The van der Waals surface area contributed by atoms with Crippen molar-refractivity contribution in [2.75, 3.05) is 18.2 Å². The van der Waals surface area contributed by atoms with E-state index in [0.717, 1.165) is 11.3 Å². The van der Waals surface area contributed by atoms with Gasteiger partial charge in [0, 0.05) is 18.4 Å². The van der Waals surface area contributed by atoms with E-state index in [1.807, 2.05) is 24.3 Å². The van der Waals surface area contributed by atoms with Crippen molar-refractivity contribution >= 4 is 17.3 Å². The Bertz CT molecular complexity index is 484. The van der Waals surface area contributed by atoms with E-state index < -0.39 is 0 Å². The number of aromatic nitrogens is 2. The van der Waals surface area contributed by atoms with Gasteiger partial charge < -0.3 is 15.8 Å². The number of methoxy groups -OCH3 is 1. The number of nitrogens with two attached hydrogens (primary N) is 1. The molecule has 2 rings (SSSR count). The van der Waals surface area contributed by atoms with Gasteiger partial charge in [-0.1, -0.05) is 18.2 Å². The Morgan fingerprint density at radius 3 is 2.71 bits per heavy atom. The number of nitrogens with zero attached hydrogens (tertiary/aromatic N) is 2. The molecular formula is C12H14N4O. The molecule has 5 nitrogen and oxygen atoms in total. The maximum Gasteiger partial charge on any atom is 0.153 e. The predicted molar refractivity (Wildman–Crippen MR) is 66.9 cm³/mol. The van der Waals surface area contributed by atoms with Gasteiger partial charge in [0.05, 0.1) is 6.61 Å². The number of hydrogen-bond donors (Lipinski definition) is 2. The highest BCUT2D eigenvalue weighted by Gasteiger charge is 2.02. The van der Waals surface area contributed by atoms with Crippen molar-refractivity contribution < 1.29 is 4.74 Å². The van der Waals surface area contributed by atoms with Gasteiger partial charge in [-0.25, -0.2) is 0 Å². The summed E-state index contributed by atoms with van der Waals surface area (Å²) < 4.78 is 5.13. The number of anilines is 3. The van der Waals surface area contributed by atoms with E-state index in [1.54, 1.807) is 19.2 Å². The first-order chi connectivity index (χ1) is 8.29. The minimum Gasteiger partial charge on any atom is -0.382 e. The van der Waals surface area contributed by atoms with E-state index in [2.05, 4.69) is 15.5 Å². The van der Waals surface area contributed by atoms with E-state index in [-0.39, 0.29) is 0 Å². The number of benzene rings is 1. The molecule has 88 valence electrons. The molecule has 17 heavy (non-hydrogen) atoms.